The standard InChI is InChI=1S/C24H25FN6O2S/c1-14-8-17(25)19(29-22(32)28-16-9-21(34-13-16)24(2,3)4)10-20(14)33-23-26-7-6-18(30-23)15-11-27-31(5)12-15/h6-13H,1-5H3,(H2,28,29,32). The molecule has 0 saturated heterocycles. The maximum Gasteiger partial charge on any atom is 0.323 e. The van der Waals surface area contributed by atoms with Gasteiger partial charge in [-0.15, -0.1) is 11.3 Å². The number of nitrogens with one attached hydrogen (secondary N) is 2. The van der Waals surface area contributed by atoms with Gasteiger partial charge < -0.3 is 15.4 Å². The van der Waals surface area contributed by atoms with Crippen molar-refractivity contribution in [1.82, 2.24) is 19.7 Å². The van der Waals surface area contributed by atoms with Crippen LogP contribution in [-0.4, -0.2) is 25.8 Å². The third kappa shape index (κ3) is 5.40. The fourth-order valence-corrected chi connectivity index (χ4v) is 4.07. The predicted molar refractivity (Wildman–Crippen MR) is 131 cm³/mol. The predicted octanol–water partition coefficient (Wildman–Crippen LogP) is 6.12. The zero-order valence-corrected chi connectivity index (χ0v) is 20.3. The van der Waals surface area contributed by atoms with Gasteiger partial charge in [-0.1, -0.05) is 20.8 Å². The number of hydrogen-bond donors (Lipinski definition) is 2. The summed E-state index contributed by atoms with van der Waals surface area (Å²) in [5, 5.41) is 11.3. The number of halogens is 1. The number of carbonyl (C=O) groups is 1. The van der Waals surface area contributed by atoms with Crippen LogP contribution in [0.5, 0.6) is 11.8 Å². The van der Waals surface area contributed by atoms with E-state index >= 15 is 0 Å². The Morgan fingerprint density at radius 2 is 2.00 bits per heavy atom. The van der Waals surface area contributed by atoms with Crippen LogP contribution in [0.25, 0.3) is 11.3 Å². The summed E-state index contributed by atoms with van der Waals surface area (Å²) in [7, 11) is 1.82. The summed E-state index contributed by atoms with van der Waals surface area (Å²) in [5.74, 6) is -0.253. The first kappa shape index (κ1) is 23.4. The van der Waals surface area contributed by atoms with Crippen LogP contribution in [0.3, 0.4) is 0 Å². The molecule has 4 rings (SSSR count). The SMILES string of the molecule is Cc1cc(F)c(NC(=O)Nc2csc(C(C)(C)C)c2)cc1Oc1nccc(-c2cnn(C)c2)n1. The Hall–Kier alpha value is -3.79. The Morgan fingerprint density at radius 1 is 1.21 bits per heavy atom. The molecule has 0 radical (unpaired) electrons. The molecular weight excluding hydrogens is 455 g/mol. The van der Waals surface area contributed by atoms with Gasteiger partial charge in [0.15, 0.2) is 0 Å². The molecule has 3 heterocycles. The van der Waals surface area contributed by atoms with Crippen LogP contribution in [0.4, 0.5) is 20.6 Å². The van der Waals surface area contributed by atoms with E-state index in [-0.39, 0.29) is 17.1 Å². The maximum absolute atomic E-state index is 14.6. The normalized spacial score (nSPS) is 11.4. The van der Waals surface area contributed by atoms with Gasteiger partial charge in [-0.25, -0.2) is 14.2 Å². The third-order valence-corrected chi connectivity index (χ3v) is 6.30. The summed E-state index contributed by atoms with van der Waals surface area (Å²) in [4.78, 5) is 22.2. The molecule has 0 saturated carbocycles. The Bertz CT molecular complexity index is 1340. The number of aromatic nitrogens is 4. The molecule has 34 heavy (non-hydrogen) atoms. The maximum atomic E-state index is 14.6. The molecule has 0 fully saturated rings. The van der Waals surface area contributed by atoms with Crippen molar-refractivity contribution in [3.8, 4) is 23.0 Å². The van der Waals surface area contributed by atoms with Crippen LogP contribution in [-0.2, 0) is 12.5 Å². The van der Waals surface area contributed by atoms with Crippen LogP contribution in [0.2, 0.25) is 0 Å². The van der Waals surface area contributed by atoms with E-state index in [0.717, 1.165) is 10.4 Å². The summed E-state index contributed by atoms with van der Waals surface area (Å²) < 4.78 is 22.1. The number of aryl methyl sites for hydroxylation is 2. The first-order valence-corrected chi connectivity index (χ1v) is 11.4. The second kappa shape index (κ2) is 9.22. The van der Waals surface area contributed by atoms with Crippen LogP contribution in [0.15, 0.2) is 48.2 Å². The van der Waals surface area contributed by atoms with Crippen molar-refractivity contribution < 1.29 is 13.9 Å². The molecule has 0 bridgehead atoms. The fraction of sp³-hybridized carbons (Fsp3) is 0.250. The number of rotatable bonds is 5. The molecule has 4 aromatic rings. The number of hydrogen-bond acceptors (Lipinski definition) is 6. The number of urea groups is 1. The van der Waals surface area contributed by atoms with Gasteiger partial charge in [0.05, 0.1) is 23.3 Å². The minimum absolute atomic E-state index is 0.0206. The molecule has 0 aliphatic heterocycles. The lowest BCUT2D eigenvalue weighted by molar-refractivity contribution is 0.262. The second-order valence-corrected chi connectivity index (χ2v) is 9.77. The highest BCUT2D eigenvalue weighted by atomic mass is 32.1. The summed E-state index contributed by atoms with van der Waals surface area (Å²) in [5.41, 5.74) is 2.59. The minimum atomic E-state index is -0.578. The molecule has 0 aliphatic carbocycles. The van der Waals surface area contributed by atoms with Gasteiger partial charge in [-0.2, -0.15) is 10.1 Å². The molecule has 176 valence electrons. The van der Waals surface area contributed by atoms with Crippen molar-refractivity contribution in [3.63, 3.8) is 0 Å². The van der Waals surface area contributed by atoms with Crippen LogP contribution in [0, 0.1) is 12.7 Å². The molecule has 0 atom stereocenters. The van der Waals surface area contributed by atoms with E-state index in [1.54, 1.807) is 41.4 Å². The van der Waals surface area contributed by atoms with Crippen molar-refractivity contribution in [2.45, 2.75) is 33.1 Å². The number of carbonyl (C=O) groups excluding carboxylic acids is 1. The average molecular weight is 481 g/mol. The van der Waals surface area contributed by atoms with Crippen LogP contribution < -0.4 is 15.4 Å². The summed E-state index contributed by atoms with van der Waals surface area (Å²) in [6, 6.07) is 5.91. The highest BCUT2D eigenvalue weighted by molar-refractivity contribution is 7.10. The Labute approximate surface area is 200 Å². The van der Waals surface area contributed by atoms with E-state index in [9.17, 15) is 9.18 Å². The zero-order valence-electron chi connectivity index (χ0n) is 19.5. The molecule has 0 unspecified atom stereocenters. The average Bonchev–Trinajstić information content (AvgIpc) is 3.41. The van der Waals surface area contributed by atoms with Crippen molar-refractivity contribution in [2.75, 3.05) is 10.6 Å². The van der Waals surface area contributed by atoms with E-state index in [1.165, 1.54) is 12.1 Å². The Kier molecular flexibility index (Phi) is 6.34. The lowest BCUT2D eigenvalue weighted by atomic mass is 9.95. The third-order valence-electron chi connectivity index (χ3n) is 4.94. The first-order chi connectivity index (χ1) is 16.1. The van der Waals surface area contributed by atoms with Gasteiger partial charge in [0.25, 0.3) is 0 Å². The van der Waals surface area contributed by atoms with Crippen molar-refractivity contribution in [2.24, 2.45) is 7.05 Å². The van der Waals surface area contributed by atoms with Gasteiger partial charge >= 0.3 is 12.0 Å². The van der Waals surface area contributed by atoms with Gasteiger partial charge in [0.1, 0.15) is 11.6 Å². The molecule has 0 aliphatic rings. The summed E-state index contributed by atoms with van der Waals surface area (Å²) >= 11 is 1.56. The largest absolute Gasteiger partial charge is 0.424 e. The quantitative estimate of drug-likeness (QED) is 0.359. The smallest absolute Gasteiger partial charge is 0.323 e. The molecule has 10 heteroatoms. The molecule has 3 aromatic heterocycles. The van der Waals surface area contributed by atoms with E-state index in [4.69, 9.17) is 4.74 Å². The van der Waals surface area contributed by atoms with Gasteiger partial charge in [0.2, 0.25) is 0 Å². The van der Waals surface area contributed by atoms with Crippen LogP contribution >= 0.6 is 11.3 Å². The molecule has 2 amide bonds. The highest BCUT2D eigenvalue weighted by Crippen LogP contribution is 2.32. The first-order valence-electron chi connectivity index (χ1n) is 10.6. The van der Waals surface area contributed by atoms with E-state index in [2.05, 4.69) is 46.5 Å². The highest BCUT2D eigenvalue weighted by Gasteiger charge is 2.18. The molecule has 1 aromatic carbocycles. The number of benzene rings is 1. The van der Waals surface area contributed by atoms with Gasteiger partial charge in [-0.05, 0) is 36.1 Å². The summed E-state index contributed by atoms with van der Waals surface area (Å²) in [6.45, 7) is 8.00. The van der Waals surface area contributed by atoms with Gasteiger partial charge in [0, 0.05) is 41.3 Å². The summed E-state index contributed by atoms with van der Waals surface area (Å²) in [6.07, 6.45) is 5.09. The second-order valence-electron chi connectivity index (χ2n) is 8.86. The lowest BCUT2D eigenvalue weighted by Crippen LogP contribution is -2.20. The van der Waals surface area contributed by atoms with E-state index in [1.807, 2.05) is 24.7 Å². The van der Waals surface area contributed by atoms with Crippen molar-refractivity contribution in [1.29, 1.82) is 0 Å². The topological polar surface area (TPSA) is 94.0 Å². The van der Waals surface area contributed by atoms with E-state index < -0.39 is 11.8 Å². The molecule has 8 nitrogen and oxygen atoms in total. The van der Waals surface area contributed by atoms with Crippen molar-refractivity contribution in [3.05, 3.63) is 64.5 Å². The number of amides is 2. The van der Waals surface area contributed by atoms with Crippen LogP contribution in [0.1, 0.15) is 31.2 Å². The van der Waals surface area contributed by atoms with Gasteiger partial charge in [-0.3, -0.25) is 4.68 Å². The zero-order chi connectivity index (χ0) is 24.5. The van der Waals surface area contributed by atoms with E-state index in [0.29, 0.717) is 22.7 Å². The Balaban J connectivity index is 1.50. The van der Waals surface area contributed by atoms with Crippen molar-refractivity contribution >= 4 is 28.7 Å². The number of anilines is 2. The fourth-order valence-electron chi connectivity index (χ4n) is 3.14. The number of nitrogens with zero attached hydrogens (tertiary/aromatic N) is 4. The number of thiophene rings is 1. The molecule has 2 N–H and O–H groups in total. The Morgan fingerprint density at radius 3 is 2.68 bits per heavy atom. The number of ether oxygens (including phenoxy) is 1. The molecule has 0 spiro atoms. The molecular formula is C24H25FN6O2S. The lowest BCUT2D eigenvalue weighted by Gasteiger charge is -2.15. The minimum Gasteiger partial charge on any atom is -0.424 e. The monoisotopic (exact) mass is 480 g/mol.